The quantitative estimate of drug-likeness (QED) is 0.868. The summed E-state index contributed by atoms with van der Waals surface area (Å²) in [6, 6.07) is 2.23. The number of aliphatic hydroxyl groups is 1. The molecule has 2 rings (SSSR count). The zero-order chi connectivity index (χ0) is 14.0. The molecule has 0 aromatic carbocycles. The van der Waals surface area contributed by atoms with E-state index < -0.39 is 0 Å². The maximum absolute atomic E-state index is 9.41. The van der Waals surface area contributed by atoms with E-state index in [1.165, 1.54) is 0 Å². The van der Waals surface area contributed by atoms with Crippen LogP contribution in [0.1, 0.15) is 45.7 Å². The predicted octanol–water partition coefficient (Wildman–Crippen LogP) is 2.42. The average molecular weight is 262 g/mol. The molecule has 0 saturated carbocycles. The number of aliphatic hydroxyl groups excluding tert-OH is 1. The number of anilines is 1. The molecule has 2 aromatic heterocycles. The molecule has 0 aliphatic heterocycles. The minimum Gasteiger partial charge on any atom is -0.393 e. The fourth-order valence-corrected chi connectivity index (χ4v) is 2.14. The number of fused-ring (bicyclic) bond motifs is 1. The van der Waals surface area contributed by atoms with Crippen LogP contribution in [0, 0.1) is 0 Å². The average Bonchev–Trinajstić information content (AvgIpc) is 2.72. The minimum absolute atomic E-state index is 0.163. The highest BCUT2D eigenvalue weighted by Crippen LogP contribution is 2.20. The van der Waals surface area contributed by atoms with Gasteiger partial charge in [-0.25, -0.2) is 9.50 Å². The third kappa shape index (κ3) is 3.23. The van der Waals surface area contributed by atoms with E-state index in [1.807, 2.05) is 17.6 Å². The van der Waals surface area contributed by atoms with Gasteiger partial charge in [-0.3, -0.25) is 0 Å². The number of nitrogens with one attached hydrogen (secondary N) is 1. The van der Waals surface area contributed by atoms with Crippen LogP contribution in [0.25, 0.3) is 5.52 Å². The summed E-state index contributed by atoms with van der Waals surface area (Å²) < 4.78 is 1.85. The van der Waals surface area contributed by atoms with Crippen LogP contribution in [0.4, 0.5) is 5.82 Å². The van der Waals surface area contributed by atoms with Crippen LogP contribution in [0.3, 0.4) is 0 Å². The van der Waals surface area contributed by atoms with Crippen LogP contribution < -0.4 is 5.32 Å². The Morgan fingerprint density at radius 1 is 1.32 bits per heavy atom. The van der Waals surface area contributed by atoms with Crippen molar-refractivity contribution < 1.29 is 5.11 Å². The largest absolute Gasteiger partial charge is 0.393 e. The lowest BCUT2D eigenvalue weighted by atomic mass is 10.1. The summed E-state index contributed by atoms with van der Waals surface area (Å²) in [5, 5.41) is 17.3. The molecule has 0 bridgehead atoms. The van der Waals surface area contributed by atoms with E-state index >= 15 is 0 Å². The molecule has 5 heteroatoms. The SMILES string of the molecule is CC(O)CC(C)Nc1nccn2nc(C(C)C)cc12. The van der Waals surface area contributed by atoms with Crippen molar-refractivity contribution >= 4 is 11.3 Å². The van der Waals surface area contributed by atoms with E-state index in [2.05, 4.69) is 35.3 Å². The topological polar surface area (TPSA) is 62.5 Å². The Bertz CT molecular complexity index is 547. The smallest absolute Gasteiger partial charge is 0.152 e. The second kappa shape index (κ2) is 5.57. The summed E-state index contributed by atoms with van der Waals surface area (Å²) in [7, 11) is 0. The Kier molecular flexibility index (Phi) is 4.04. The maximum Gasteiger partial charge on any atom is 0.152 e. The van der Waals surface area contributed by atoms with Gasteiger partial charge in [0.05, 0.1) is 11.8 Å². The van der Waals surface area contributed by atoms with E-state index in [-0.39, 0.29) is 12.1 Å². The van der Waals surface area contributed by atoms with Crippen molar-refractivity contribution in [3.63, 3.8) is 0 Å². The van der Waals surface area contributed by atoms with Crippen molar-refractivity contribution in [2.45, 2.75) is 52.2 Å². The van der Waals surface area contributed by atoms with E-state index in [9.17, 15) is 5.11 Å². The maximum atomic E-state index is 9.41. The van der Waals surface area contributed by atoms with E-state index in [1.54, 1.807) is 13.1 Å². The highest BCUT2D eigenvalue weighted by atomic mass is 16.3. The Morgan fingerprint density at radius 3 is 2.68 bits per heavy atom. The molecule has 0 amide bonds. The van der Waals surface area contributed by atoms with Crippen molar-refractivity contribution in [3.8, 4) is 0 Å². The monoisotopic (exact) mass is 262 g/mol. The van der Waals surface area contributed by atoms with Crippen molar-refractivity contribution in [2.24, 2.45) is 0 Å². The Labute approximate surface area is 113 Å². The minimum atomic E-state index is -0.321. The van der Waals surface area contributed by atoms with Crippen LogP contribution in [0.5, 0.6) is 0 Å². The zero-order valence-electron chi connectivity index (χ0n) is 12.0. The first-order valence-electron chi connectivity index (χ1n) is 6.76. The predicted molar refractivity (Wildman–Crippen MR) is 76.5 cm³/mol. The fraction of sp³-hybridized carbons (Fsp3) is 0.571. The molecule has 2 unspecified atom stereocenters. The van der Waals surface area contributed by atoms with Crippen LogP contribution >= 0.6 is 0 Å². The van der Waals surface area contributed by atoms with Gasteiger partial charge in [0.25, 0.3) is 0 Å². The summed E-state index contributed by atoms with van der Waals surface area (Å²) in [6.07, 6.45) is 3.96. The first-order chi connectivity index (χ1) is 8.97. The summed E-state index contributed by atoms with van der Waals surface area (Å²) in [5.41, 5.74) is 2.03. The third-order valence-electron chi connectivity index (χ3n) is 3.08. The molecule has 2 aromatic rings. The van der Waals surface area contributed by atoms with E-state index in [4.69, 9.17) is 0 Å². The molecule has 104 valence electrons. The molecule has 2 N–H and O–H groups in total. The molecule has 0 aliphatic carbocycles. The van der Waals surface area contributed by atoms with Gasteiger partial charge in [0.2, 0.25) is 0 Å². The molecular formula is C14H22N4O. The van der Waals surface area contributed by atoms with Gasteiger partial charge in [0, 0.05) is 18.4 Å². The van der Waals surface area contributed by atoms with Crippen molar-refractivity contribution in [2.75, 3.05) is 5.32 Å². The fourth-order valence-electron chi connectivity index (χ4n) is 2.14. The number of rotatable bonds is 5. The van der Waals surface area contributed by atoms with Gasteiger partial charge in [-0.1, -0.05) is 13.8 Å². The number of hydrogen-bond acceptors (Lipinski definition) is 4. The van der Waals surface area contributed by atoms with Gasteiger partial charge in [0.1, 0.15) is 5.52 Å². The van der Waals surface area contributed by atoms with Gasteiger partial charge < -0.3 is 10.4 Å². The Morgan fingerprint density at radius 2 is 2.05 bits per heavy atom. The summed E-state index contributed by atoms with van der Waals surface area (Å²) in [4.78, 5) is 4.37. The summed E-state index contributed by atoms with van der Waals surface area (Å²) in [6.45, 7) is 8.08. The lowest BCUT2D eigenvalue weighted by Crippen LogP contribution is -2.21. The van der Waals surface area contributed by atoms with Crippen LogP contribution in [-0.4, -0.2) is 31.9 Å². The lowest BCUT2D eigenvalue weighted by Gasteiger charge is -2.16. The Hall–Kier alpha value is -1.62. The molecule has 0 fully saturated rings. The van der Waals surface area contributed by atoms with Crippen molar-refractivity contribution in [3.05, 3.63) is 24.2 Å². The van der Waals surface area contributed by atoms with Gasteiger partial charge in [-0.2, -0.15) is 5.10 Å². The molecule has 2 atom stereocenters. The highest BCUT2D eigenvalue weighted by molar-refractivity contribution is 5.68. The molecule has 19 heavy (non-hydrogen) atoms. The number of hydrogen-bond donors (Lipinski definition) is 2. The van der Waals surface area contributed by atoms with Crippen LogP contribution in [0.15, 0.2) is 18.5 Å². The first kappa shape index (κ1) is 13.8. The van der Waals surface area contributed by atoms with Gasteiger partial charge >= 0.3 is 0 Å². The molecule has 0 radical (unpaired) electrons. The van der Waals surface area contributed by atoms with Gasteiger partial charge in [-0.05, 0) is 32.3 Å². The standard InChI is InChI=1S/C14H22N4O/c1-9(2)12-8-13-14(15-5-6-18(13)17-12)16-10(3)7-11(4)19/h5-6,8-11,19H,7H2,1-4H3,(H,15,16). The van der Waals surface area contributed by atoms with Crippen LogP contribution in [0.2, 0.25) is 0 Å². The zero-order valence-corrected chi connectivity index (χ0v) is 12.0. The van der Waals surface area contributed by atoms with Crippen molar-refractivity contribution in [1.82, 2.24) is 14.6 Å². The van der Waals surface area contributed by atoms with Gasteiger partial charge in [-0.15, -0.1) is 0 Å². The number of aromatic nitrogens is 3. The van der Waals surface area contributed by atoms with E-state index in [0.29, 0.717) is 12.3 Å². The lowest BCUT2D eigenvalue weighted by molar-refractivity contribution is 0.179. The summed E-state index contributed by atoms with van der Waals surface area (Å²) >= 11 is 0. The van der Waals surface area contributed by atoms with Crippen molar-refractivity contribution in [1.29, 1.82) is 0 Å². The molecule has 0 spiro atoms. The van der Waals surface area contributed by atoms with Gasteiger partial charge in [0.15, 0.2) is 5.82 Å². The van der Waals surface area contributed by atoms with Crippen LogP contribution in [-0.2, 0) is 0 Å². The third-order valence-corrected chi connectivity index (χ3v) is 3.08. The molecule has 2 heterocycles. The first-order valence-corrected chi connectivity index (χ1v) is 6.76. The second-order valence-electron chi connectivity index (χ2n) is 5.46. The van der Waals surface area contributed by atoms with E-state index in [0.717, 1.165) is 17.0 Å². The second-order valence-corrected chi connectivity index (χ2v) is 5.46. The molecular weight excluding hydrogens is 240 g/mol. The summed E-state index contributed by atoms with van der Waals surface area (Å²) in [5.74, 6) is 1.21. The molecule has 0 aliphatic rings. The number of nitrogens with zero attached hydrogens (tertiary/aromatic N) is 3. The Balaban J connectivity index is 2.27. The molecule has 5 nitrogen and oxygen atoms in total. The molecule has 0 saturated heterocycles. The highest BCUT2D eigenvalue weighted by Gasteiger charge is 2.12. The normalized spacial score (nSPS) is 14.8.